The molecule has 1 N–H and O–H groups in total. The molecule has 0 spiro atoms. The fraction of sp³-hybridized carbons (Fsp3) is 0. The van der Waals surface area contributed by atoms with Crippen LogP contribution in [0.5, 0.6) is 5.75 Å². The van der Waals surface area contributed by atoms with Gasteiger partial charge >= 0.3 is 0 Å². The standard InChI is InChI=1S/C9H4F2O2S/c10-4-1-2-5(11)9-7(4)8(13)6(3-12)14-9/h1-3,13H. The molecular formula is C9H4F2O2S. The lowest BCUT2D eigenvalue weighted by molar-refractivity contribution is 0.112. The lowest BCUT2D eigenvalue weighted by Gasteiger charge is -1.94. The molecule has 5 heteroatoms. The van der Waals surface area contributed by atoms with Crippen molar-refractivity contribution in [2.75, 3.05) is 0 Å². The first kappa shape index (κ1) is 9.08. The number of aldehydes is 1. The fourth-order valence-electron chi connectivity index (χ4n) is 1.22. The van der Waals surface area contributed by atoms with Gasteiger partial charge in [-0.3, -0.25) is 4.79 Å². The van der Waals surface area contributed by atoms with Crippen LogP contribution in [0.15, 0.2) is 12.1 Å². The third-order valence-corrected chi connectivity index (χ3v) is 2.96. The maximum absolute atomic E-state index is 13.1. The van der Waals surface area contributed by atoms with Crippen molar-refractivity contribution >= 4 is 27.7 Å². The Morgan fingerprint density at radius 3 is 2.50 bits per heavy atom. The van der Waals surface area contributed by atoms with Crippen LogP contribution in [0.4, 0.5) is 8.78 Å². The van der Waals surface area contributed by atoms with Gasteiger partial charge in [0, 0.05) is 0 Å². The zero-order chi connectivity index (χ0) is 10.3. The summed E-state index contributed by atoms with van der Waals surface area (Å²) in [5.74, 6) is -1.87. The van der Waals surface area contributed by atoms with E-state index >= 15 is 0 Å². The highest BCUT2D eigenvalue weighted by molar-refractivity contribution is 7.21. The van der Waals surface area contributed by atoms with Crippen molar-refractivity contribution in [1.82, 2.24) is 0 Å². The highest BCUT2D eigenvalue weighted by Crippen LogP contribution is 2.38. The zero-order valence-corrected chi connectivity index (χ0v) is 7.57. The van der Waals surface area contributed by atoms with Crippen LogP contribution in [0, 0.1) is 11.6 Å². The van der Waals surface area contributed by atoms with Crippen LogP contribution in [-0.4, -0.2) is 11.4 Å². The molecule has 0 aliphatic heterocycles. The van der Waals surface area contributed by atoms with Gasteiger partial charge < -0.3 is 5.11 Å². The zero-order valence-electron chi connectivity index (χ0n) is 6.75. The van der Waals surface area contributed by atoms with Gasteiger partial charge in [-0.25, -0.2) is 8.78 Å². The Hall–Kier alpha value is -1.49. The van der Waals surface area contributed by atoms with Gasteiger partial charge in [0.2, 0.25) is 0 Å². The van der Waals surface area contributed by atoms with E-state index in [1.54, 1.807) is 0 Å². The summed E-state index contributed by atoms with van der Waals surface area (Å²) in [5, 5.41) is 9.14. The molecule has 14 heavy (non-hydrogen) atoms. The van der Waals surface area contributed by atoms with Crippen LogP contribution in [0.3, 0.4) is 0 Å². The molecule has 72 valence electrons. The number of carbonyl (C=O) groups excluding carboxylic acids is 1. The van der Waals surface area contributed by atoms with E-state index in [2.05, 4.69) is 0 Å². The number of aromatic hydroxyl groups is 1. The summed E-state index contributed by atoms with van der Waals surface area (Å²) >= 11 is 0.732. The third-order valence-electron chi connectivity index (χ3n) is 1.85. The Bertz CT molecular complexity index is 519. The number of carbonyl (C=O) groups is 1. The van der Waals surface area contributed by atoms with Crippen molar-refractivity contribution in [3.63, 3.8) is 0 Å². The second kappa shape index (κ2) is 3.02. The quantitative estimate of drug-likeness (QED) is 0.741. The first-order chi connectivity index (χ1) is 6.65. The minimum atomic E-state index is -0.733. The monoisotopic (exact) mass is 214 g/mol. The van der Waals surface area contributed by atoms with Gasteiger partial charge in [0.15, 0.2) is 6.29 Å². The number of fused-ring (bicyclic) bond motifs is 1. The molecule has 0 atom stereocenters. The number of hydrogen-bond acceptors (Lipinski definition) is 3. The highest BCUT2D eigenvalue weighted by atomic mass is 32.1. The number of benzene rings is 1. The average molecular weight is 214 g/mol. The molecule has 1 aromatic heterocycles. The maximum atomic E-state index is 13.1. The Kier molecular flexibility index (Phi) is 1.96. The van der Waals surface area contributed by atoms with E-state index in [0.29, 0.717) is 6.29 Å². The minimum absolute atomic E-state index is 0.0374. The Balaban J connectivity index is 2.97. The molecule has 2 rings (SSSR count). The smallest absolute Gasteiger partial charge is 0.163 e. The van der Waals surface area contributed by atoms with Gasteiger partial charge in [-0.1, -0.05) is 0 Å². The summed E-state index contributed by atoms with van der Waals surface area (Å²) in [6, 6.07) is 1.88. The molecule has 0 radical (unpaired) electrons. The molecule has 2 aromatic rings. The number of hydrogen-bond donors (Lipinski definition) is 1. The van der Waals surface area contributed by atoms with Crippen molar-refractivity contribution in [2.45, 2.75) is 0 Å². The third kappa shape index (κ3) is 1.09. The summed E-state index contributed by atoms with van der Waals surface area (Å²) in [7, 11) is 0. The molecule has 0 amide bonds. The van der Waals surface area contributed by atoms with Gasteiger partial charge in [-0.2, -0.15) is 0 Å². The van der Waals surface area contributed by atoms with E-state index in [4.69, 9.17) is 0 Å². The van der Waals surface area contributed by atoms with Crippen molar-refractivity contribution in [1.29, 1.82) is 0 Å². The van der Waals surface area contributed by atoms with Crippen molar-refractivity contribution < 1.29 is 18.7 Å². The van der Waals surface area contributed by atoms with Gasteiger partial charge in [0.1, 0.15) is 22.3 Å². The number of rotatable bonds is 1. The maximum Gasteiger partial charge on any atom is 0.163 e. The van der Waals surface area contributed by atoms with Crippen LogP contribution < -0.4 is 0 Å². The average Bonchev–Trinajstić information content (AvgIpc) is 2.51. The second-order valence-electron chi connectivity index (χ2n) is 2.67. The lowest BCUT2D eigenvalue weighted by atomic mass is 10.2. The molecule has 0 fully saturated rings. The van der Waals surface area contributed by atoms with Crippen LogP contribution >= 0.6 is 11.3 Å². The second-order valence-corrected chi connectivity index (χ2v) is 3.72. The predicted octanol–water partition coefficient (Wildman–Crippen LogP) is 2.70. The summed E-state index contributed by atoms with van der Waals surface area (Å²) < 4.78 is 26.2. The summed E-state index contributed by atoms with van der Waals surface area (Å²) in [6.07, 6.45) is 0.374. The van der Waals surface area contributed by atoms with Crippen LogP contribution in [0.25, 0.3) is 10.1 Å². The lowest BCUT2D eigenvalue weighted by Crippen LogP contribution is -1.79. The molecular weight excluding hydrogens is 210 g/mol. The molecule has 1 heterocycles. The van der Waals surface area contributed by atoms with E-state index in [0.717, 1.165) is 23.5 Å². The molecule has 0 saturated carbocycles. The summed E-state index contributed by atoms with van der Waals surface area (Å²) in [4.78, 5) is 10.4. The largest absolute Gasteiger partial charge is 0.506 e. The fourth-order valence-corrected chi connectivity index (χ4v) is 2.14. The van der Waals surface area contributed by atoms with Crippen LogP contribution in [0.2, 0.25) is 0 Å². The Labute approximate surface area is 81.4 Å². The molecule has 0 unspecified atom stereocenters. The van der Waals surface area contributed by atoms with E-state index in [1.165, 1.54) is 0 Å². The Morgan fingerprint density at radius 1 is 1.29 bits per heavy atom. The molecule has 0 bridgehead atoms. The van der Waals surface area contributed by atoms with E-state index in [1.807, 2.05) is 0 Å². The first-order valence-electron chi connectivity index (χ1n) is 3.69. The highest BCUT2D eigenvalue weighted by Gasteiger charge is 2.17. The molecule has 2 nitrogen and oxygen atoms in total. The van der Waals surface area contributed by atoms with Crippen molar-refractivity contribution in [2.24, 2.45) is 0 Å². The normalized spacial score (nSPS) is 10.7. The van der Waals surface area contributed by atoms with E-state index < -0.39 is 17.4 Å². The van der Waals surface area contributed by atoms with E-state index in [-0.39, 0.29) is 15.0 Å². The number of thiophene rings is 1. The predicted molar refractivity (Wildman–Crippen MR) is 48.8 cm³/mol. The van der Waals surface area contributed by atoms with Crippen molar-refractivity contribution in [3.05, 3.63) is 28.6 Å². The van der Waals surface area contributed by atoms with Gasteiger partial charge in [-0.15, -0.1) is 11.3 Å². The number of halogens is 2. The van der Waals surface area contributed by atoms with E-state index in [9.17, 15) is 18.7 Å². The van der Waals surface area contributed by atoms with Gasteiger partial charge in [0.25, 0.3) is 0 Å². The van der Waals surface area contributed by atoms with Crippen LogP contribution in [0.1, 0.15) is 9.67 Å². The Morgan fingerprint density at radius 2 is 1.93 bits per heavy atom. The molecule has 0 aliphatic carbocycles. The van der Waals surface area contributed by atoms with Gasteiger partial charge in [0.05, 0.1) is 10.1 Å². The summed E-state index contributed by atoms with van der Waals surface area (Å²) in [5.41, 5.74) is 0. The SMILES string of the molecule is O=Cc1sc2c(F)ccc(F)c2c1O. The van der Waals surface area contributed by atoms with Gasteiger partial charge in [-0.05, 0) is 12.1 Å². The topological polar surface area (TPSA) is 37.3 Å². The summed E-state index contributed by atoms with van der Waals surface area (Å²) in [6.45, 7) is 0. The molecule has 0 aliphatic rings. The first-order valence-corrected chi connectivity index (χ1v) is 4.51. The minimum Gasteiger partial charge on any atom is -0.506 e. The van der Waals surface area contributed by atoms with Crippen molar-refractivity contribution in [3.8, 4) is 5.75 Å². The van der Waals surface area contributed by atoms with Crippen LogP contribution in [-0.2, 0) is 0 Å². The molecule has 0 saturated heterocycles. The molecule has 1 aromatic carbocycles.